The van der Waals surface area contributed by atoms with Gasteiger partial charge in [0.05, 0.1) is 22.1 Å². The van der Waals surface area contributed by atoms with Crippen molar-refractivity contribution in [1.82, 2.24) is 9.47 Å². The van der Waals surface area contributed by atoms with Crippen LogP contribution in [0.2, 0.25) is 0 Å². The maximum absolute atomic E-state index is 13.2. The molecular weight excluding hydrogens is 452 g/mol. The summed E-state index contributed by atoms with van der Waals surface area (Å²) in [6.07, 6.45) is 0.715. The lowest BCUT2D eigenvalue weighted by molar-refractivity contribution is -0.383. The van der Waals surface area contributed by atoms with Gasteiger partial charge in [0.1, 0.15) is 5.52 Å². The van der Waals surface area contributed by atoms with Crippen LogP contribution in [0.25, 0.3) is 21.8 Å². The van der Waals surface area contributed by atoms with Crippen LogP contribution in [0, 0.1) is 10.1 Å². The predicted molar refractivity (Wildman–Crippen MR) is 131 cm³/mol. The van der Waals surface area contributed by atoms with Gasteiger partial charge < -0.3 is 20.3 Å². The summed E-state index contributed by atoms with van der Waals surface area (Å²) in [6, 6.07) is 10.3. The smallest absolute Gasteiger partial charge is 0.293 e. The quantitative estimate of drug-likeness (QED) is 0.223. The van der Waals surface area contributed by atoms with Gasteiger partial charge in [-0.3, -0.25) is 19.5 Å². The molecule has 0 amide bonds. The van der Waals surface area contributed by atoms with Gasteiger partial charge in [-0.2, -0.15) is 8.42 Å². The SMILES string of the molecule is CCN(CC)CCNc1ccc([N+](=O)[O-])c2c1c(=O)c1ccccc1n2C.CS(=O)(=O)O.O. The van der Waals surface area contributed by atoms with Crippen molar-refractivity contribution in [2.45, 2.75) is 13.8 Å². The molecule has 182 valence electrons. The van der Waals surface area contributed by atoms with Crippen LogP contribution in [0.1, 0.15) is 13.8 Å². The fourth-order valence-corrected chi connectivity index (χ4v) is 3.55. The molecule has 12 heteroatoms. The van der Waals surface area contributed by atoms with Crippen LogP contribution >= 0.6 is 0 Å². The second kappa shape index (κ2) is 11.7. The Morgan fingerprint density at radius 2 is 1.73 bits per heavy atom. The number of nitro groups is 1. The highest BCUT2D eigenvalue weighted by atomic mass is 32.2. The average molecular weight is 483 g/mol. The minimum atomic E-state index is -3.67. The minimum absolute atomic E-state index is 0. The summed E-state index contributed by atoms with van der Waals surface area (Å²) in [5, 5.41) is 15.8. The number of nitrogens with one attached hydrogen (secondary N) is 1. The number of anilines is 1. The van der Waals surface area contributed by atoms with Crippen LogP contribution in [-0.2, 0) is 17.2 Å². The lowest BCUT2D eigenvalue weighted by atomic mass is 10.1. The molecule has 0 atom stereocenters. The summed E-state index contributed by atoms with van der Waals surface area (Å²) in [6.45, 7) is 7.60. The Labute approximate surface area is 191 Å². The van der Waals surface area contributed by atoms with Crippen LogP contribution in [0.5, 0.6) is 0 Å². The lowest BCUT2D eigenvalue weighted by Crippen LogP contribution is -2.28. The van der Waals surface area contributed by atoms with Crippen molar-refractivity contribution in [3.8, 4) is 0 Å². The van der Waals surface area contributed by atoms with E-state index in [0.29, 0.717) is 40.3 Å². The van der Waals surface area contributed by atoms with Crippen molar-refractivity contribution < 1.29 is 23.4 Å². The van der Waals surface area contributed by atoms with E-state index in [9.17, 15) is 23.3 Å². The maximum Gasteiger partial charge on any atom is 0.293 e. The van der Waals surface area contributed by atoms with Gasteiger partial charge >= 0.3 is 0 Å². The summed E-state index contributed by atoms with van der Waals surface area (Å²) >= 11 is 0. The Morgan fingerprint density at radius 1 is 1.15 bits per heavy atom. The van der Waals surface area contributed by atoms with Gasteiger partial charge in [-0.05, 0) is 31.3 Å². The highest BCUT2D eigenvalue weighted by molar-refractivity contribution is 7.85. The van der Waals surface area contributed by atoms with Gasteiger partial charge in [-0.1, -0.05) is 26.0 Å². The molecule has 0 fully saturated rings. The number of benzene rings is 2. The van der Waals surface area contributed by atoms with Crippen LogP contribution in [-0.4, -0.2) is 65.3 Å². The molecule has 0 saturated carbocycles. The molecule has 0 aliphatic heterocycles. The van der Waals surface area contributed by atoms with Crippen molar-refractivity contribution in [2.24, 2.45) is 7.05 Å². The molecule has 0 unspecified atom stereocenters. The first-order valence-corrected chi connectivity index (χ1v) is 11.9. The normalized spacial score (nSPS) is 11.1. The fraction of sp³-hybridized carbons (Fsp3) is 0.381. The number of pyridine rings is 1. The van der Waals surface area contributed by atoms with Gasteiger partial charge in [0.2, 0.25) is 0 Å². The van der Waals surface area contributed by atoms with Gasteiger partial charge in [0, 0.05) is 37.3 Å². The zero-order valence-electron chi connectivity index (χ0n) is 19.0. The molecular formula is C21H30N4O7S. The molecule has 11 nitrogen and oxygen atoms in total. The molecule has 33 heavy (non-hydrogen) atoms. The third-order valence-corrected chi connectivity index (χ3v) is 5.06. The van der Waals surface area contributed by atoms with E-state index in [4.69, 9.17) is 4.55 Å². The van der Waals surface area contributed by atoms with Crippen molar-refractivity contribution in [3.63, 3.8) is 0 Å². The lowest BCUT2D eigenvalue weighted by Gasteiger charge is -2.19. The molecule has 0 aliphatic rings. The summed E-state index contributed by atoms with van der Waals surface area (Å²) in [5.41, 5.74) is 1.40. The average Bonchev–Trinajstić information content (AvgIpc) is 2.73. The van der Waals surface area contributed by atoms with Crippen molar-refractivity contribution in [3.05, 3.63) is 56.7 Å². The Hall–Kier alpha value is -3.06. The van der Waals surface area contributed by atoms with E-state index in [-0.39, 0.29) is 16.6 Å². The van der Waals surface area contributed by atoms with Gasteiger partial charge in [-0.15, -0.1) is 0 Å². The van der Waals surface area contributed by atoms with E-state index in [2.05, 4.69) is 24.1 Å². The van der Waals surface area contributed by atoms with E-state index in [1.54, 1.807) is 35.9 Å². The van der Waals surface area contributed by atoms with E-state index < -0.39 is 15.0 Å². The molecule has 0 spiro atoms. The number of non-ortho nitro benzene ring substituents is 1. The number of hydrogen-bond acceptors (Lipinski definition) is 7. The van der Waals surface area contributed by atoms with Crippen molar-refractivity contribution in [1.29, 1.82) is 0 Å². The van der Waals surface area contributed by atoms with E-state index in [0.717, 1.165) is 19.6 Å². The number of aromatic nitrogens is 1. The fourth-order valence-electron chi connectivity index (χ4n) is 3.55. The molecule has 4 N–H and O–H groups in total. The number of nitro benzene ring substituents is 1. The highest BCUT2D eigenvalue weighted by Crippen LogP contribution is 2.31. The molecule has 3 aromatic rings. The highest BCUT2D eigenvalue weighted by Gasteiger charge is 2.21. The summed E-state index contributed by atoms with van der Waals surface area (Å²) in [4.78, 5) is 26.6. The minimum Gasteiger partial charge on any atom is -0.412 e. The molecule has 1 heterocycles. The molecule has 0 bridgehead atoms. The Kier molecular flexibility index (Phi) is 9.92. The summed E-state index contributed by atoms with van der Waals surface area (Å²) in [7, 11) is -1.91. The molecule has 1 aromatic heterocycles. The zero-order chi connectivity index (χ0) is 24.1. The first kappa shape index (κ1) is 28.0. The maximum atomic E-state index is 13.2. The summed E-state index contributed by atoms with van der Waals surface area (Å²) in [5.74, 6) is 0. The third kappa shape index (κ3) is 6.96. The summed E-state index contributed by atoms with van der Waals surface area (Å²) < 4.78 is 27.6. The van der Waals surface area contributed by atoms with Crippen molar-refractivity contribution in [2.75, 3.05) is 37.8 Å². The number of hydrogen-bond donors (Lipinski definition) is 2. The van der Waals surface area contributed by atoms with Gasteiger partial charge in [-0.25, -0.2) is 0 Å². The second-order valence-electron chi connectivity index (χ2n) is 7.20. The van der Waals surface area contributed by atoms with Crippen LogP contribution in [0.4, 0.5) is 11.4 Å². The van der Waals surface area contributed by atoms with Crippen LogP contribution in [0.3, 0.4) is 0 Å². The van der Waals surface area contributed by atoms with E-state index in [1.807, 2.05) is 6.07 Å². The topological polar surface area (TPSA) is 166 Å². The van der Waals surface area contributed by atoms with E-state index in [1.165, 1.54) is 6.07 Å². The molecule has 3 rings (SSSR count). The van der Waals surface area contributed by atoms with Crippen LogP contribution in [0.15, 0.2) is 41.2 Å². The first-order valence-electron chi connectivity index (χ1n) is 10.1. The van der Waals surface area contributed by atoms with E-state index >= 15 is 0 Å². The second-order valence-corrected chi connectivity index (χ2v) is 8.67. The first-order chi connectivity index (χ1) is 15.0. The largest absolute Gasteiger partial charge is 0.412 e. The Balaban J connectivity index is 0.000000821. The molecule has 2 aromatic carbocycles. The van der Waals surface area contributed by atoms with Crippen LogP contribution < -0.4 is 10.7 Å². The Morgan fingerprint density at radius 3 is 2.27 bits per heavy atom. The monoisotopic (exact) mass is 482 g/mol. The zero-order valence-corrected chi connectivity index (χ0v) is 19.8. The number of nitrogens with zero attached hydrogens (tertiary/aromatic N) is 3. The Bertz CT molecular complexity index is 1280. The van der Waals surface area contributed by atoms with Gasteiger partial charge in [0.25, 0.3) is 15.8 Å². The number of fused-ring (bicyclic) bond motifs is 2. The number of para-hydroxylation sites is 1. The number of aryl methyl sites for hydroxylation is 1. The predicted octanol–water partition coefficient (Wildman–Crippen LogP) is 2.03. The molecule has 0 radical (unpaired) electrons. The number of rotatable bonds is 7. The standard InChI is InChI=1S/C20H24N4O3.CH4O3S.H2O/c1-4-23(5-2)13-12-21-15-10-11-17(24(26)27)19-18(15)20(25)14-8-6-7-9-16(14)22(19)3;1-5(2,3)4;/h6-11,21H,4-5,12-13H2,1-3H3;1H3,(H,2,3,4);1H2. The third-order valence-electron chi connectivity index (χ3n) is 5.06. The van der Waals surface area contributed by atoms with Crippen molar-refractivity contribution >= 4 is 43.3 Å². The number of likely N-dealkylation sites (N-methyl/N-ethyl adjacent to an activating group) is 1. The molecule has 0 saturated heterocycles. The molecule has 0 aliphatic carbocycles. The van der Waals surface area contributed by atoms with Gasteiger partial charge in [0.15, 0.2) is 5.43 Å².